The topological polar surface area (TPSA) is 52.0 Å². The lowest BCUT2D eigenvalue weighted by atomic mass is 9.69. The number of hydrogen-bond acceptors (Lipinski definition) is 2. The molecule has 0 saturated heterocycles. The summed E-state index contributed by atoms with van der Waals surface area (Å²) in [7, 11) is 0. The second-order valence-electron chi connectivity index (χ2n) is 7.54. The van der Waals surface area contributed by atoms with Crippen molar-refractivity contribution in [3.8, 4) is 0 Å². The number of benzene rings is 3. The van der Waals surface area contributed by atoms with Gasteiger partial charge in [-0.1, -0.05) is 54.6 Å². The van der Waals surface area contributed by atoms with Gasteiger partial charge in [-0.3, -0.25) is 0 Å². The number of nitrogens with two attached hydrogens (primary N) is 2. The molecule has 0 aliphatic heterocycles. The Morgan fingerprint density at radius 1 is 0.577 bits per heavy atom. The first-order valence-corrected chi connectivity index (χ1v) is 9.05. The lowest BCUT2D eigenvalue weighted by molar-refractivity contribution is 0.689. The summed E-state index contributed by atoms with van der Waals surface area (Å²) in [5, 5.41) is 0. The normalized spacial score (nSPS) is 11.6. The molecule has 2 nitrogen and oxygen atoms in total. The summed E-state index contributed by atoms with van der Waals surface area (Å²) >= 11 is 0. The molecule has 0 spiro atoms. The second kappa shape index (κ2) is 6.53. The number of anilines is 2. The van der Waals surface area contributed by atoms with E-state index in [1.807, 2.05) is 0 Å². The van der Waals surface area contributed by atoms with Gasteiger partial charge >= 0.3 is 0 Å². The Morgan fingerprint density at radius 3 is 1.27 bits per heavy atom. The van der Waals surface area contributed by atoms with Crippen LogP contribution in [0, 0.1) is 27.7 Å². The summed E-state index contributed by atoms with van der Waals surface area (Å²) in [6, 6.07) is 19.5. The molecule has 3 rings (SSSR count). The van der Waals surface area contributed by atoms with Gasteiger partial charge in [0, 0.05) is 16.8 Å². The van der Waals surface area contributed by atoms with Crippen LogP contribution in [0.3, 0.4) is 0 Å². The van der Waals surface area contributed by atoms with Gasteiger partial charge in [-0.05, 0) is 73.6 Å². The molecule has 0 radical (unpaired) electrons. The smallest absolute Gasteiger partial charge is 0.0423 e. The zero-order chi connectivity index (χ0) is 19.1. The van der Waals surface area contributed by atoms with Crippen LogP contribution in [-0.4, -0.2) is 0 Å². The Bertz CT molecular complexity index is 852. The second-order valence-corrected chi connectivity index (χ2v) is 7.54. The maximum absolute atomic E-state index is 6.22. The first kappa shape index (κ1) is 18.1. The van der Waals surface area contributed by atoms with Crippen molar-refractivity contribution in [1.82, 2.24) is 0 Å². The highest BCUT2D eigenvalue weighted by Crippen LogP contribution is 2.41. The first-order valence-electron chi connectivity index (χ1n) is 9.05. The SMILES string of the molecule is Cc1cc(C(C)(c2ccccc2)c2cc(C)c(N)c(C)c2)cc(C)c1N. The molecule has 0 heterocycles. The van der Waals surface area contributed by atoms with Crippen molar-refractivity contribution in [3.05, 3.63) is 93.5 Å². The number of rotatable bonds is 3. The van der Waals surface area contributed by atoms with Gasteiger partial charge in [0.05, 0.1) is 0 Å². The van der Waals surface area contributed by atoms with Crippen LogP contribution < -0.4 is 11.5 Å². The van der Waals surface area contributed by atoms with Gasteiger partial charge in [0.1, 0.15) is 0 Å². The Balaban J connectivity index is 2.35. The van der Waals surface area contributed by atoms with Crippen LogP contribution in [0.25, 0.3) is 0 Å². The van der Waals surface area contributed by atoms with Crippen molar-refractivity contribution in [2.24, 2.45) is 0 Å². The molecule has 0 fully saturated rings. The van der Waals surface area contributed by atoms with Gasteiger partial charge in [0.15, 0.2) is 0 Å². The lowest BCUT2D eigenvalue weighted by Gasteiger charge is -2.33. The van der Waals surface area contributed by atoms with Gasteiger partial charge in [-0.2, -0.15) is 0 Å². The highest BCUT2D eigenvalue weighted by Gasteiger charge is 2.32. The zero-order valence-corrected chi connectivity index (χ0v) is 16.4. The predicted octanol–water partition coefficient (Wildman–Crippen LogP) is 5.44. The molecular formula is C24H28N2. The molecule has 134 valence electrons. The van der Waals surface area contributed by atoms with E-state index < -0.39 is 0 Å². The Morgan fingerprint density at radius 2 is 0.923 bits per heavy atom. The van der Waals surface area contributed by atoms with E-state index in [0.29, 0.717) is 0 Å². The third-order valence-corrected chi connectivity index (χ3v) is 5.69. The largest absolute Gasteiger partial charge is 0.398 e. The third-order valence-electron chi connectivity index (χ3n) is 5.69. The van der Waals surface area contributed by atoms with Gasteiger partial charge in [0.25, 0.3) is 0 Å². The summed E-state index contributed by atoms with van der Waals surface area (Å²) in [5.41, 5.74) is 22.1. The highest BCUT2D eigenvalue weighted by molar-refractivity contribution is 5.62. The van der Waals surface area contributed by atoms with Crippen LogP contribution >= 0.6 is 0 Å². The molecule has 0 aliphatic rings. The summed E-state index contributed by atoms with van der Waals surface area (Å²) in [5.74, 6) is 0. The molecule has 0 unspecified atom stereocenters. The Labute approximate surface area is 156 Å². The standard InChI is InChI=1S/C24H28N2/c1-15-11-20(12-16(2)22(15)25)24(5,19-9-7-6-8-10-19)21-13-17(3)23(26)18(4)14-21/h6-14H,25-26H2,1-5H3. The fourth-order valence-electron chi connectivity index (χ4n) is 3.80. The van der Waals surface area contributed by atoms with Crippen LogP contribution in [0.15, 0.2) is 54.6 Å². The Hall–Kier alpha value is -2.74. The average molecular weight is 345 g/mol. The minimum atomic E-state index is -0.284. The van der Waals surface area contributed by atoms with E-state index >= 15 is 0 Å². The van der Waals surface area contributed by atoms with E-state index in [1.54, 1.807) is 0 Å². The number of nitrogen functional groups attached to an aromatic ring is 2. The fraction of sp³-hybridized carbons (Fsp3) is 0.250. The fourth-order valence-corrected chi connectivity index (χ4v) is 3.80. The summed E-state index contributed by atoms with van der Waals surface area (Å²) in [4.78, 5) is 0. The van der Waals surface area contributed by atoms with Gasteiger partial charge in [-0.25, -0.2) is 0 Å². The molecule has 0 aromatic heterocycles. The monoisotopic (exact) mass is 344 g/mol. The summed E-state index contributed by atoms with van der Waals surface area (Å²) in [6.07, 6.45) is 0. The number of aryl methyl sites for hydroxylation is 4. The molecular weight excluding hydrogens is 316 g/mol. The molecule has 3 aromatic rings. The Kier molecular flexibility index (Phi) is 4.53. The van der Waals surface area contributed by atoms with Gasteiger partial charge < -0.3 is 11.5 Å². The van der Waals surface area contributed by atoms with Crippen molar-refractivity contribution in [3.63, 3.8) is 0 Å². The average Bonchev–Trinajstić information content (AvgIpc) is 2.63. The van der Waals surface area contributed by atoms with Crippen molar-refractivity contribution >= 4 is 11.4 Å². The third kappa shape index (κ3) is 2.86. The zero-order valence-electron chi connectivity index (χ0n) is 16.4. The molecule has 4 N–H and O–H groups in total. The highest BCUT2D eigenvalue weighted by atomic mass is 14.6. The molecule has 3 aromatic carbocycles. The van der Waals surface area contributed by atoms with E-state index in [-0.39, 0.29) is 5.41 Å². The van der Waals surface area contributed by atoms with E-state index in [9.17, 15) is 0 Å². The van der Waals surface area contributed by atoms with E-state index in [0.717, 1.165) is 33.6 Å². The minimum Gasteiger partial charge on any atom is -0.398 e. The molecule has 2 heteroatoms. The maximum atomic E-state index is 6.22. The van der Waals surface area contributed by atoms with E-state index in [2.05, 4.69) is 89.2 Å². The molecule has 26 heavy (non-hydrogen) atoms. The summed E-state index contributed by atoms with van der Waals surface area (Å²) in [6.45, 7) is 10.6. The van der Waals surface area contributed by atoms with Crippen LogP contribution in [0.4, 0.5) is 11.4 Å². The van der Waals surface area contributed by atoms with E-state index in [1.165, 1.54) is 16.7 Å². The van der Waals surface area contributed by atoms with E-state index in [4.69, 9.17) is 11.5 Å². The van der Waals surface area contributed by atoms with Gasteiger partial charge in [0.2, 0.25) is 0 Å². The predicted molar refractivity (Wildman–Crippen MR) is 113 cm³/mol. The van der Waals surface area contributed by atoms with Crippen LogP contribution in [-0.2, 0) is 5.41 Å². The van der Waals surface area contributed by atoms with Gasteiger partial charge in [-0.15, -0.1) is 0 Å². The maximum Gasteiger partial charge on any atom is 0.0423 e. The first-order chi connectivity index (χ1) is 12.2. The molecule has 0 atom stereocenters. The molecule has 0 aliphatic carbocycles. The molecule has 0 bridgehead atoms. The van der Waals surface area contributed by atoms with Crippen molar-refractivity contribution in [2.45, 2.75) is 40.0 Å². The van der Waals surface area contributed by atoms with Crippen molar-refractivity contribution in [2.75, 3.05) is 11.5 Å². The van der Waals surface area contributed by atoms with Crippen LogP contribution in [0.1, 0.15) is 45.9 Å². The van der Waals surface area contributed by atoms with Crippen LogP contribution in [0.5, 0.6) is 0 Å². The lowest BCUT2D eigenvalue weighted by Crippen LogP contribution is -2.26. The van der Waals surface area contributed by atoms with Crippen molar-refractivity contribution in [1.29, 1.82) is 0 Å². The summed E-state index contributed by atoms with van der Waals surface area (Å²) < 4.78 is 0. The van der Waals surface area contributed by atoms with Crippen molar-refractivity contribution < 1.29 is 0 Å². The molecule has 0 amide bonds. The quantitative estimate of drug-likeness (QED) is 0.491. The van der Waals surface area contributed by atoms with Crippen LogP contribution in [0.2, 0.25) is 0 Å². The number of hydrogen-bond donors (Lipinski definition) is 2. The minimum absolute atomic E-state index is 0.284. The molecule has 0 saturated carbocycles.